The van der Waals surface area contributed by atoms with Gasteiger partial charge in [0.05, 0.1) is 12.7 Å². The van der Waals surface area contributed by atoms with Crippen LogP contribution in [0.25, 0.3) is 0 Å². The molecule has 5 nitrogen and oxygen atoms in total. The van der Waals surface area contributed by atoms with Crippen molar-refractivity contribution in [1.29, 1.82) is 0 Å². The van der Waals surface area contributed by atoms with Gasteiger partial charge in [-0.25, -0.2) is 9.59 Å². The summed E-state index contributed by atoms with van der Waals surface area (Å²) < 4.78 is 11.1. The molecule has 1 aliphatic rings. The zero-order chi connectivity index (χ0) is 19.0. The Morgan fingerprint density at radius 2 is 1.88 bits per heavy atom. The minimum Gasteiger partial charge on any atom is -0.464 e. The number of hydrogen-bond donors (Lipinski definition) is 0. The summed E-state index contributed by atoms with van der Waals surface area (Å²) in [5.41, 5.74) is -0.238. The van der Waals surface area contributed by atoms with Crippen LogP contribution in [-0.2, 0) is 25.6 Å². The Labute approximate surface area is 156 Å². The average molecular weight is 361 g/mol. The van der Waals surface area contributed by atoms with Gasteiger partial charge in [0.15, 0.2) is 0 Å². The second-order valence-electron chi connectivity index (χ2n) is 7.01. The van der Waals surface area contributed by atoms with E-state index in [2.05, 4.69) is 0 Å². The van der Waals surface area contributed by atoms with Gasteiger partial charge in [0.1, 0.15) is 0 Å². The number of unbranched alkanes of at least 4 members (excludes halogenated alkanes) is 1. The van der Waals surface area contributed by atoms with Crippen LogP contribution in [0.5, 0.6) is 0 Å². The van der Waals surface area contributed by atoms with Gasteiger partial charge in [-0.3, -0.25) is 4.90 Å². The second kappa shape index (κ2) is 9.72. The summed E-state index contributed by atoms with van der Waals surface area (Å²) in [6, 6.07) is 9.86. The molecule has 0 N–H and O–H groups in total. The summed E-state index contributed by atoms with van der Waals surface area (Å²) in [6.07, 6.45) is 3.68. The summed E-state index contributed by atoms with van der Waals surface area (Å²) in [7, 11) is 0. The van der Waals surface area contributed by atoms with E-state index < -0.39 is 17.5 Å². The molecule has 2 rings (SSSR count). The molecule has 0 spiro atoms. The van der Waals surface area contributed by atoms with Gasteiger partial charge in [0.25, 0.3) is 0 Å². The number of esters is 2. The van der Waals surface area contributed by atoms with Crippen LogP contribution >= 0.6 is 0 Å². The van der Waals surface area contributed by atoms with E-state index in [1.165, 1.54) is 0 Å². The van der Waals surface area contributed by atoms with Crippen molar-refractivity contribution in [2.45, 2.75) is 71.1 Å². The van der Waals surface area contributed by atoms with Crippen molar-refractivity contribution in [2.24, 2.45) is 0 Å². The molecule has 1 aromatic rings. The molecule has 0 unspecified atom stereocenters. The van der Waals surface area contributed by atoms with Gasteiger partial charge in [-0.15, -0.1) is 0 Å². The summed E-state index contributed by atoms with van der Waals surface area (Å²) >= 11 is 0. The van der Waals surface area contributed by atoms with Gasteiger partial charge < -0.3 is 9.47 Å². The number of benzene rings is 1. The third kappa shape index (κ3) is 4.64. The van der Waals surface area contributed by atoms with Crippen LogP contribution in [0, 0.1) is 0 Å². The van der Waals surface area contributed by atoms with Crippen LogP contribution in [0.3, 0.4) is 0 Å². The smallest absolute Gasteiger partial charge is 0.338 e. The molecule has 1 aromatic carbocycles. The van der Waals surface area contributed by atoms with E-state index in [1.807, 2.05) is 56.0 Å². The summed E-state index contributed by atoms with van der Waals surface area (Å²) in [4.78, 5) is 27.7. The number of likely N-dealkylation sites (tertiary alicyclic amines) is 1. The number of hydrogen-bond acceptors (Lipinski definition) is 5. The highest BCUT2D eigenvalue weighted by molar-refractivity contribution is 6.06. The predicted molar refractivity (Wildman–Crippen MR) is 101 cm³/mol. The number of carbonyl (C=O) groups is 2. The lowest BCUT2D eigenvalue weighted by atomic mass is 9.83. The highest BCUT2D eigenvalue weighted by atomic mass is 16.6. The molecule has 2 atom stereocenters. The van der Waals surface area contributed by atoms with E-state index in [9.17, 15) is 9.59 Å². The van der Waals surface area contributed by atoms with Crippen molar-refractivity contribution in [2.75, 3.05) is 13.2 Å². The molecule has 1 saturated heterocycles. The Morgan fingerprint density at radius 3 is 2.46 bits per heavy atom. The molecule has 1 heterocycles. The standard InChI is InChI=1S/C21H31NO4/c1-4-6-15-25-19(23)21(20(24)26-17(3)10-5-2)13-14-22(21)16-18-11-8-7-9-12-18/h7-9,11-12,17H,4-6,10,13-16H2,1-3H3/t17-,21-/m1/s1. The molecular weight excluding hydrogens is 330 g/mol. The Balaban J connectivity index is 2.15. The van der Waals surface area contributed by atoms with Gasteiger partial charge in [0.2, 0.25) is 5.54 Å². The van der Waals surface area contributed by atoms with E-state index in [4.69, 9.17) is 9.47 Å². The zero-order valence-corrected chi connectivity index (χ0v) is 16.2. The normalized spacial score (nSPS) is 20.9. The van der Waals surface area contributed by atoms with E-state index in [1.54, 1.807) is 0 Å². The average Bonchev–Trinajstić information content (AvgIpc) is 2.60. The summed E-state index contributed by atoms with van der Waals surface area (Å²) in [5, 5.41) is 0. The predicted octanol–water partition coefficient (Wildman–Crippen LogP) is 3.71. The lowest BCUT2D eigenvalue weighted by Crippen LogP contribution is -2.69. The van der Waals surface area contributed by atoms with Crippen molar-refractivity contribution in [1.82, 2.24) is 4.90 Å². The van der Waals surface area contributed by atoms with Crippen LogP contribution in [-0.4, -0.2) is 41.6 Å². The van der Waals surface area contributed by atoms with E-state index in [-0.39, 0.29) is 6.10 Å². The van der Waals surface area contributed by atoms with Gasteiger partial charge in [-0.1, -0.05) is 57.0 Å². The Kier molecular flexibility index (Phi) is 7.64. The van der Waals surface area contributed by atoms with Crippen molar-refractivity contribution < 1.29 is 19.1 Å². The molecule has 0 saturated carbocycles. The van der Waals surface area contributed by atoms with Crippen molar-refractivity contribution in [3.63, 3.8) is 0 Å². The molecule has 5 heteroatoms. The first-order valence-corrected chi connectivity index (χ1v) is 9.71. The van der Waals surface area contributed by atoms with Crippen LogP contribution in [0.2, 0.25) is 0 Å². The van der Waals surface area contributed by atoms with Gasteiger partial charge in [0, 0.05) is 19.5 Å². The fourth-order valence-corrected chi connectivity index (χ4v) is 3.23. The molecule has 26 heavy (non-hydrogen) atoms. The monoisotopic (exact) mass is 361 g/mol. The first kappa shape index (κ1) is 20.4. The van der Waals surface area contributed by atoms with Crippen molar-refractivity contribution >= 4 is 11.9 Å². The van der Waals surface area contributed by atoms with Crippen LogP contribution in [0.4, 0.5) is 0 Å². The lowest BCUT2D eigenvalue weighted by molar-refractivity contribution is -0.190. The zero-order valence-electron chi connectivity index (χ0n) is 16.2. The van der Waals surface area contributed by atoms with Gasteiger partial charge in [-0.05, 0) is 25.3 Å². The Hall–Kier alpha value is -1.88. The fraction of sp³-hybridized carbons (Fsp3) is 0.619. The second-order valence-corrected chi connectivity index (χ2v) is 7.01. The Morgan fingerprint density at radius 1 is 1.15 bits per heavy atom. The fourth-order valence-electron chi connectivity index (χ4n) is 3.23. The summed E-state index contributed by atoms with van der Waals surface area (Å²) in [6.45, 7) is 7.50. The lowest BCUT2D eigenvalue weighted by Gasteiger charge is -2.48. The molecule has 0 aromatic heterocycles. The summed E-state index contributed by atoms with van der Waals surface area (Å²) in [5.74, 6) is -0.941. The number of ether oxygens (including phenoxy) is 2. The van der Waals surface area contributed by atoms with Crippen molar-refractivity contribution in [3.05, 3.63) is 35.9 Å². The Bertz CT molecular complexity index is 589. The molecule has 1 fully saturated rings. The minimum absolute atomic E-state index is 0.202. The molecule has 0 radical (unpaired) electrons. The highest BCUT2D eigenvalue weighted by Gasteiger charge is 2.60. The third-order valence-electron chi connectivity index (χ3n) is 4.91. The number of nitrogens with zero attached hydrogens (tertiary/aromatic N) is 1. The topological polar surface area (TPSA) is 55.8 Å². The molecule has 1 aliphatic heterocycles. The van der Waals surface area contributed by atoms with Crippen LogP contribution < -0.4 is 0 Å². The largest absolute Gasteiger partial charge is 0.464 e. The van der Waals surface area contributed by atoms with E-state index in [0.29, 0.717) is 26.1 Å². The maximum Gasteiger partial charge on any atom is 0.338 e. The first-order chi connectivity index (χ1) is 12.5. The number of rotatable bonds is 10. The maximum absolute atomic E-state index is 12.9. The maximum atomic E-state index is 12.9. The number of carbonyl (C=O) groups excluding carboxylic acids is 2. The highest BCUT2D eigenvalue weighted by Crippen LogP contribution is 2.35. The van der Waals surface area contributed by atoms with Crippen LogP contribution in [0.15, 0.2) is 30.3 Å². The van der Waals surface area contributed by atoms with Crippen LogP contribution in [0.1, 0.15) is 58.4 Å². The third-order valence-corrected chi connectivity index (χ3v) is 4.91. The van der Waals surface area contributed by atoms with Gasteiger partial charge in [-0.2, -0.15) is 0 Å². The molecule has 0 aliphatic carbocycles. The van der Waals surface area contributed by atoms with Gasteiger partial charge >= 0.3 is 11.9 Å². The van der Waals surface area contributed by atoms with E-state index >= 15 is 0 Å². The minimum atomic E-state index is -1.30. The molecule has 0 amide bonds. The first-order valence-electron chi connectivity index (χ1n) is 9.71. The molecular formula is C21H31NO4. The van der Waals surface area contributed by atoms with E-state index in [0.717, 1.165) is 31.2 Å². The van der Waals surface area contributed by atoms with Crippen molar-refractivity contribution in [3.8, 4) is 0 Å². The molecule has 144 valence electrons. The molecule has 0 bridgehead atoms. The quantitative estimate of drug-likeness (QED) is 0.361. The SMILES string of the molecule is CCCCOC(=O)[C@@]1(C(=O)O[C@H](C)CCC)CCN1Cc1ccccc1.